The summed E-state index contributed by atoms with van der Waals surface area (Å²) >= 11 is 1.76. The van der Waals surface area contributed by atoms with Gasteiger partial charge in [-0.15, -0.1) is 0 Å². The number of hydrogen-bond donors (Lipinski definition) is 2. The molecule has 2 N–H and O–H groups in total. The molecule has 1 unspecified atom stereocenters. The molecule has 1 aromatic heterocycles. The smallest absolute Gasteiger partial charge is 0.137 e. The van der Waals surface area contributed by atoms with Gasteiger partial charge in [0.25, 0.3) is 0 Å². The Hall–Kier alpha value is -1.33. The van der Waals surface area contributed by atoms with Crippen LogP contribution in [0.5, 0.6) is 0 Å². The number of aromatic nitrogens is 2. The molecule has 0 saturated carbocycles. The maximum Gasteiger partial charge on any atom is 0.137 e. The number of para-hydroxylation sites is 1. The maximum absolute atomic E-state index is 9.07. The quantitative estimate of drug-likeness (QED) is 0.836. The third-order valence-corrected chi connectivity index (χ3v) is 3.46. The van der Waals surface area contributed by atoms with Crippen molar-refractivity contribution < 1.29 is 5.11 Å². The number of aliphatic hydroxyl groups is 1. The van der Waals surface area contributed by atoms with Crippen LogP contribution < -0.4 is 5.32 Å². The van der Waals surface area contributed by atoms with Gasteiger partial charge in [0.2, 0.25) is 0 Å². The van der Waals surface area contributed by atoms with Crippen molar-refractivity contribution in [1.82, 2.24) is 9.97 Å². The van der Waals surface area contributed by atoms with Crippen LogP contribution in [0.4, 0.5) is 5.82 Å². The molecule has 0 aliphatic rings. The van der Waals surface area contributed by atoms with E-state index in [0.717, 1.165) is 28.9 Å². The SMILES string of the molecule is CSCC(CCO)Nc1ncnc2ccccc12. The molecule has 0 bridgehead atoms. The molecule has 5 heteroatoms. The fourth-order valence-corrected chi connectivity index (χ4v) is 2.52. The second kappa shape index (κ2) is 6.56. The van der Waals surface area contributed by atoms with E-state index in [1.165, 1.54) is 0 Å². The van der Waals surface area contributed by atoms with E-state index >= 15 is 0 Å². The Morgan fingerprint density at radius 1 is 1.33 bits per heavy atom. The number of aliphatic hydroxyl groups excluding tert-OH is 1. The summed E-state index contributed by atoms with van der Waals surface area (Å²) in [6, 6.07) is 8.15. The lowest BCUT2D eigenvalue weighted by Gasteiger charge is -2.18. The molecule has 4 nitrogen and oxygen atoms in total. The van der Waals surface area contributed by atoms with Gasteiger partial charge in [-0.05, 0) is 24.8 Å². The van der Waals surface area contributed by atoms with Gasteiger partial charge in [0.05, 0.1) is 5.52 Å². The average molecular weight is 263 g/mol. The van der Waals surface area contributed by atoms with Crippen LogP contribution in [-0.4, -0.2) is 39.7 Å². The Morgan fingerprint density at radius 3 is 2.94 bits per heavy atom. The first kappa shape index (κ1) is 13.1. The van der Waals surface area contributed by atoms with Gasteiger partial charge in [-0.2, -0.15) is 11.8 Å². The van der Waals surface area contributed by atoms with Gasteiger partial charge >= 0.3 is 0 Å². The summed E-state index contributed by atoms with van der Waals surface area (Å²) in [7, 11) is 0. The minimum absolute atomic E-state index is 0.182. The van der Waals surface area contributed by atoms with Crippen molar-refractivity contribution in [2.75, 3.05) is 23.9 Å². The van der Waals surface area contributed by atoms with Crippen molar-refractivity contribution in [3.8, 4) is 0 Å². The van der Waals surface area contributed by atoms with Crippen molar-refractivity contribution in [2.24, 2.45) is 0 Å². The van der Waals surface area contributed by atoms with Gasteiger partial charge in [-0.25, -0.2) is 9.97 Å². The van der Waals surface area contributed by atoms with Gasteiger partial charge in [-0.1, -0.05) is 12.1 Å². The van der Waals surface area contributed by atoms with Crippen molar-refractivity contribution in [2.45, 2.75) is 12.5 Å². The van der Waals surface area contributed by atoms with Crippen LogP contribution in [-0.2, 0) is 0 Å². The number of benzene rings is 1. The molecule has 0 amide bonds. The van der Waals surface area contributed by atoms with E-state index < -0.39 is 0 Å². The van der Waals surface area contributed by atoms with Gasteiger partial charge < -0.3 is 10.4 Å². The van der Waals surface area contributed by atoms with Crippen LogP contribution in [0.25, 0.3) is 10.9 Å². The predicted molar refractivity (Wildman–Crippen MR) is 77.0 cm³/mol. The molecule has 96 valence electrons. The second-order valence-electron chi connectivity index (χ2n) is 4.05. The molecular weight excluding hydrogens is 246 g/mol. The number of anilines is 1. The standard InChI is InChI=1S/C13H17N3OS/c1-18-8-10(6-7-17)16-13-11-4-2-3-5-12(11)14-9-15-13/h2-5,9-10,17H,6-8H2,1H3,(H,14,15,16). The Labute approximate surface area is 111 Å². The minimum atomic E-state index is 0.182. The highest BCUT2D eigenvalue weighted by Gasteiger charge is 2.10. The highest BCUT2D eigenvalue weighted by atomic mass is 32.2. The number of nitrogens with zero attached hydrogens (tertiary/aromatic N) is 2. The van der Waals surface area contributed by atoms with Gasteiger partial charge in [0, 0.05) is 23.8 Å². The van der Waals surface area contributed by atoms with E-state index in [9.17, 15) is 0 Å². The molecule has 0 spiro atoms. The molecule has 1 atom stereocenters. The third kappa shape index (κ3) is 3.11. The summed E-state index contributed by atoms with van der Waals surface area (Å²) in [4.78, 5) is 8.53. The molecule has 0 aliphatic heterocycles. The highest BCUT2D eigenvalue weighted by Crippen LogP contribution is 2.20. The minimum Gasteiger partial charge on any atom is -0.396 e. The fraction of sp³-hybridized carbons (Fsp3) is 0.385. The fourth-order valence-electron chi connectivity index (χ4n) is 1.87. The van der Waals surface area contributed by atoms with Crippen LogP contribution in [0.15, 0.2) is 30.6 Å². The molecule has 0 radical (unpaired) electrons. The van der Waals surface area contributed by atoms with Gasteiger partial charge in [0.15, 0.2) is 0 Å². The summed E-state index contributed by atoms with van der Waals surface area (Å²) in [5.41, 5.74) is 0.932. The zero-order valence-electron chi connectivity index (χ0n) is 10.3. The second-order valence-corrected chi connectivity index (χ2v) is 4.96. The first-order chi connectivity index (χ1) is 8.85. The Bertz CT molecular complexity index is 495. The number of nitrogens with one attached hydrogen (secondary N) is 1. The van der Waals surface area contributed by atoms with Crippen LogP contribution >= 0.6 is 11.8 Å². The lowest BCUT2D eigenvalue weighted by atomic mass is 10.2. The van der Waals surface area contributed by atoms with Gasteiger partial charge in [-0.3, -0.25) is 0 Å². The first-order valence-electron chi connectivity index (χ1n) is 5.91. The number of thioether (sulfide) groups is 1. The molecule has 0 saturated heterocycles. The Kier molecular flexibility index (Phi) is 4.78. The van der Waals surface area contributed by atoms with Crippen LogP contribution in [0.1, 0.15) is 6.42 Å². The maximum atomic E-state index is 9.07. The summed E-state index contributed by atoms with van der Waals surface area (Å²) in [5, 5.41) is 13.5. The Balaban J connectivity index is 2.24. The highest BCUT2D eigenvalue weighted by molar-refractivity contribution is 7.98. The van der Waals surface area contributed by atoms with E-state index in [4.69, 9.17) is 5.11 Å². The number of rotatable bonds is 6. The van der Waals surface area contributed by atoms with Crippen LogP contribution in [0, 0.1) is 0 Å². The van der Waals surface area contributed by atoms with Gasteiger partial charge in [0.1, 0.15) is 12.1 Å². The van der Waals surface area contributed by atoms with E-state index in [-0.39, 0.29) is 12.6 Å². The van der Waals surface area contributed by atoms with Crippen molar-refractivity contribution in [3.05, 3.63) is 30.6 Å². The first-order valence-corrected chi connectivity index (χ1v) is 7.30. The largest absolute Gasteiger partial charge is 0.396 e. The number of hydrogen-bond acceptors (Lipinski definition) is 5. The lowest BCUT2D eigenvalue weighted by Crippen LogP contribution is -2.24. The normalized spacial score (nSPS) is 12.6. The van der Waals surface area contributed by atoms with Crippen molar-refractivity contribution in [3.63, 3.8) is 0 Å². The molecule has 2 rings (SSSR count). The average Bonchev–Trinajstić information content (AvgIpc) is 2.40. The molecule has 0 aliphatic carbocycles. The molecule has 1 heterocycles. The summed E-state index contributed by atoms with van der Waals surface area (Å²) in [6.07, 6.45) is 4.35. The van der Waals surface area contributed by atoms with Crippen LogP contribution in [0.3, 0.4) is 0 Å². The molecule has 0 fully saturated rings. The van der Waals surface area contributed by atoms with Crippen LogP contribution in [0.2, 0.25) is 0 Å². The third-order valence-electron chi connectivity index (χ3n) is 2.73. The van der Waals surface area contributed by atoms with E-state index in [1.807, 2.05) is 24.3 Å². The molecule has 2 aromatic rings. The lowest BCUT2D eigenvalue weighted by molar-refractivity contribution is 0.282. The van der Waals surface area contributed by atoms with E-state index in [0.29, 0.717) is 0 Å². The number of fused-ring (bicyclic) bond motifs is 1. The molecule has 18 heavy (non-hydrogen) atoms. The topological polar surface area (TPSA) is 58.0 Å². The zero-order chi connectivity index (χ0) is 12.8. The van der Waals surface area contributed by atoms with Crippen molar-refractivity contribution >= 4 is 28.5 Å². The van der Waals surface area contributed by atoms with E-state index in [1.54, 1.807) is 18.1 Å². The Morgan fingerprint density at radius 2 is 2.17 bits per heavy atom. The summed E-state index contributed by atoms with van der Waals surface area (Å²) in [5.74, 6) is 1.78. The summed E-state index contributed by atoms with van der Waals surface area (Å²) < 4.78 is 0. The molecule has 1 aromatic carbocycles. The zero-order valence-corrected chi connectivity index (χ0v) is 11.2. The van der Waals surface area contributed by atoms with Crippen molar-refractivity contribution in [1.29, 1.82) is 0 Å². The molecular formula is C13H17N3OS. The monoisotopic (exact) mass is 263 g/mol. The predicted octanol–water partition coefficient (Wildman–Crippen LogP) is 2.16. The summed E-state index contributed by atoms with van der Waals surface area (Å²) in [6.45, 7) is 0.182. The van der Waals surface area contributed by atoms with E-state index in [2.05, 4.69) is 21.5 Å².